The molecule has 2 aromatic heterocycles. The summed E-state index contributed by atoms with van der Waals surface area (Å²) >= 11 is 0. The van der Waals surface area contributed by atoms with Crippen molar-refractivity contribution in [2.24, 2.45) is 0 Å². The zero-order valence-electron chi connectivity index (χ0n) is 34.0. The van der Waals surface area contributed by atoms with Crippen LogP contribution in [0.15, 0.2) is 243 Å². The summed E-state index contributed by atoms with van der Waals surface area (Å²) in [6.45, 7) is 0. The normalized spacial score (nSPS) is 11.2. The molecule has 0 saturated heterocycles. The molecule has 0 bridgehead atoms. The van der Waals surface area contributed by atoms with Gasteiger partial charge in [0.25, 0.3) is 0 Å². The Bertz CT molecular complexity index is 3230. The Kier molecular flexibility index (Phi) is 9.57. The molecule has 2 heterocycles. The number of nitrogens with zero attached hydrogens (tertiary/aromatic N) is 2. The molecular weight excluding hydrogens is 749 g/mol. The van der Waals surface area contributed by atoms with Crippen LogP contribution >= 0.6 is 0 Å². The molecule has 0 spiro atoms. The van der Waals surface area contributed by atoms with Gasteiger partial charge in [-0.1, -0.05) is 164 Å². The van der Waals surface area contributed by atoms with Crippen LogP contribution in [0.5, 0.6) is 0 Å². The maximum absolute atomic E-state index is 4.93. The van der Waals surface area contributed by atoms with Crippen LogP contribution in [0.4, 0.5) is 0 Å². The molecule has 11 aromatic rings. The lowest BCUT2D eigenvalue weighted by atomic mass is 9.82. The first-order valence-electron chi connectivity index (χ1n) is 21.1. The van der Waals surface area contributed by atoms with Crippen molar-refractivity contribution in [2.75, 3.05) is 0 Å². The predicted molar refractivity (Wildman–Crippen MR) is 261 cm³/mol. The molecule has 9 aromatic carbocycles. The van der Waals surface area contributed by atoms with E-state index in [0.717, 1.165) is 22.4 Å². The molecule has 0 aliphatic heterocycles. The van der Waals surface area contributed by atoms with Crippen molar-refractivity contribution in [2.45, 2.75) is 0 Å². The van der Waals surface area contributed by atoms with Crippen LogP contribution in [0.1, 0.15) is 0 Å². The zero-order valence-corrected chi connectivity index (χ0v) is 34.0. The lowest BCUT2D eigenvalue weighted by Gasteiger charge is -2.21. The molecule has 0 radical (unpaired) electrons. The van der Waals surface area contributed by atoms with Gasteiger partial charge in [0.1, 0.15) is 0 Å². The standard InChI is InChI=1S/C60H40N2/c1-5-16-41(17-6-1)48-32-49(42-18-7-2-8-19-42)35-52(34-48)59-54-25-13-14-26-55(54)60(53-36-50(43-20-9-3-10-21-43)33-51(37-53)44-22-11-4-12-23-44)57-38-45(27-29-56(57)59)46-28-30-58(62-40-46)47-24-15-31-61-39-47/h1-40H. The molecule has 0 amide bonds. The minimum atomic E-state index is 0.898. The third-order valence-electron chi connectivity index (χ3n) is 11.9. The Labute approximate surface area is 362 Å². The highest BCUT2D eigenvalue weighted by molar-refractivity contribution is 6.22. The van der Waals surface area contributed by atoms with Gasteiger partial charge in [-0.25, -0.2) is 0 Å². The van der Waals surface area contributed by atoms with E-state index in [9.17, 15) is 0 Å². The summed E-state index contributed by atoms with van der Waals surface area (Å²) in [6, 6.07) is 81.4. The molecular formula is C60H40N2. The first kappa shape index (κ1) is 36.8. The molecule has 11 rings (SSSR count). The summed E-state index contributed by atoms with van der Waals surface area (Å²) in [5, 5.41) is 4.79. The number of hydrogen-bond donors (Lipinski definition) is 0. The van der Waals surface area contributed by atoms with Crippen LogP contribution in [-0.2, 0) is 0 Å². The molecule has 290 valence electrons. The van der Waals surface area contributed by atoms with Gasteiger partial charge in [-0.15, -0.1) is 0 Å². The van der Waals surface area contributed by atoms with E-state index in [1.165, 1.54) is 88.3 Å². The van der Waals surface area contributed by atoms with Crippen LogP contribution in [-0.4, -0.2) is 9.97 Å². The second-order valence-electron chi connectivity index (χ2n) is 15.8. The van der Waals surface area contributed by atoms with Crippen LogP contribution in [0.3, 0.4) is 0 Å². The van der Waals surface area contributed by atoms with Gasteiger partial charge >= 0.3 is 0 Å². The topological polar surface area (TPSA) is 25.8 Å². The second-order valence-corrected chi connectivity index (χ2v) is 15.8. The Hall–Kier alpha value is -8.20. The lowest BCUT2D eigenvalue weighted by molar-refractivity contribution is 1.28. The van der Waals surface area contributed by atoms with Crippen LogP contribution < -0.4 is 0 Å². The lowest BCUT2D eigenvalue weighted by Crippen LogP contribution is -1.94. The molecule has 0 saturated carbocycles. The van der Waals surface area contributed by atoms with Gasteiger partial charge < -0.3 is 0 Å². The highest BCUT2D eigenvalue weighted by Gasteiger charge is 2.20. The molecule has 0 N–H and O–H groups in total. The van der Waals surface area contributed by atoms with Crippen LogP contribution in [0.25, 0.3) is 111 Å². The van der Waals surface area contributed by atoms with Crippen LogP contribution in [0, 0.1) is 0 Å². The minimum Gasteiger partial charge on any atom is -0.264 e. The van der Waals surface area contributed by atoms with Crippen molar-refractivity contribution in [1.29, 1.82) is 0 Å². The average Bonchev–Trinajstić information content (AvgIpc) is 3.36. The molecule has 0 aliphatic rings. The summed E-state index contributed by atoms with van der Waals surface area (Å²) in [4.78, 5) is 9.26. The van der Waals surface area contributed by atoms with Crippen molar-refractivity contribution in [3.63, 3.8) is 0 Å². The third kappa shape index (κ3) is 7.04. The van der Waals surface area contributed by atoms with E-state index >= 15 is 0 Å². The summed E-state index contributed by atoms with van der Waals surface area (Å²) < 4.78 is 0. The van der Waals surface area contributed by atoms with E-state index in [1.54, 1.807) is 6.20 Å². The number of fused-ring (bicyclic) bond motifs is 2. The Balaban J connectivity index is 1.22. The van der Waals surface area contributed by atoms with E-state index in [1.807, 2.05) is 24.5 Å². The van der Waals surface area contributed by atoms with Gasteiger partial charge in [0.2, 0.25) is 0 Å². The maximum atomic E-state index is 4.93. The molecule has 0 atom stereocenters. The highest BCUT2D eigenvalue weighted by atomic mass is 14.7. The number of benzene rings is 9. The van der Waals surface area contributed by atoms with Gasteiger partial charge in [-0.2, -0.15) is 0 Å². The van der Waals surface area contributed by atoms with Gasteiger partial charge in [0.05, 0.1) is 5.69 Å². The minimum absolute atomic E-state index is 0.898. The van der Waals surface area contributed by atoms with Crippen molar-refractivity contribution in [1.82, 2.24) is 9.97 Å². The first-order valence-corrected chi connectivity index (χ1v) is 21.1. The molecule has 2 heteroatoms. The van der Waals surface area contributed by atoms with Crippen molar-refractivity contribution >= 4 is 21.5 Å². The number of pyridine rings is 2. The Morgan fingerprint density at radius 2 is 0.629 bits per heavy atom. The van der Waals surface area contributed by atoms with Gasteiger partial charge in [0.15, 0.2) is 0 Å². The molecule has 2 nitrogen and oxygen atoms in total. The summed E-state index contributed by atoms with van der Waals surface area (Å²) in [5.41, 5.74) is 18.3. The fraction of sp³-hybridized carbons (Fsp3) is 0. The molecule has 0 unspecified atom stereocenters. The predicted octanol–water partition coefficient (Wildman–Crippen LogP) is 16.1. The number of hydrogen-bond acceptors (Lipinski definition) is 2. The van der Waals surface area contributed by atoms with Gasteiger partial charge in [0, 0.05) is 29.7 Å². The molecule has 0 fully saturated rings. The van der Waals surface area contributed by atoms with E-state index in [0.29, 0.717) is 0 Å². The summed E-state index contributed by atoms with van der Waals surface area (Å²) in [5.74, 6) is 0. The third-order valence-corrected chi connectivity index (χ3v) is 11.9. The zero-order chi connectivity index (χ0) is 41.2. The smallest absolute Gasteiger partial charge is 0.0717 e. The average molecular weight is 789 g/mol. The summed E-state index contributed by atoms with van der Waals surface area (Å²) in [6.07, 6.45) is 5.64. The fourth-order valence-electron chi connectivity index (χ4n) is 8.96. The van der Waals surface area contributed by atoms with E-state index in [-0.39, 0.29) is 0 Å². The molecule has 62 heavy (non-hydrogen) atoms. The second kappa shape index (κ2) is 16.1. The quantitative estimate of drug-likeness (QED) is 0.143. The maximum Gasteiger partial charge on any atom is 0.0717 e. The fourth-order valence-corrected chi connectivity index (χ4v) is 8.96. The number of rotatable bonds is 8. The van der Waals surface area contributed by atoms with E-state index in [2.05, 4.69) is 217 Å². The first-order chi connectivity index (χ1) is 30.7. The largest absolute Gasteiger partial charge is 0.264 e. The highest BCUT2D eigenvalue weighted by Crippen LogP contribution is 2.47. The SMILES string of the molecule is c1ccc(-c2cc(-c3ccccc3)cc(-c3c4ccccc4c(-c4cc(-c5ccccc5)cc(-c5ccccc5)c4)c4cc(-c5ccc(-c6cccnc6)nc5)ccc34)c2)cc1. The van der Waals surface area contributed by atoms with Crippen LogP contribution in [0.2, 0.25) is 0 Å². The van der Waals surface area contributed by atoms with Crippen molar-refractivity contribution in [3.8, 4) is 89.1 Å². The monoisotopic (exact) mass is 788 g/mol. The van der Waals surface area contributed by atoms with Crippen molar-refractivity contribution < 1.29 is 0 Å². The van der Waals surface area contributed by atoms with Gasteiger partial charge in [-0.05, 0) is 155 Å². The number of aromatic nitrogens is 2. The molecule has 0 aliphatic carbocycles. The summed E-state index contributed by atoms with van der Waals surface area (Å²) in [7, 11) is 0. The van der Waals surface area contributed by atoms with E-state index < -0.39 is 0 Å². The Morgan fingerprint density at radius 1 is 0.226 bits per heavy atom. The van der Waals surface area contributed by atoms with Gasteiger partial charge in [-0.3, -0.25) is 9.97 Å². The Morgan fingerprint density at radius 3 is 1.06 bits per heavy atom. The van der Waals surface area contributed by atoms with Crippen molar-refractivity contribution in [3.05, 3.63) is 243 Å². The van der Waals surface area contributed by atoms with E-state index in [4.69, 9.17) is 4.98 Å².